The summed E-state index contributed by atoms with van der Waals surface area (Å²) in [6.45, 7) is 1.26. The van der Waals surface area contributed by atoms with E-state index in [1.165, 1.54) is 11.3 Å². The zero-order valence-corrected chi connectivity index (χ0v) is 14.1. The first-order valence-electron chi connectivity index (χ1n) is 7.55. The van der Waals surface area contributed by atoms with E-state index >= 15 is 0 Å². The van der Waals surface area contributed by atoms with Crippen LogP contribution >= 0.6 is 22.9 Å². The molecule has 1 aromatic heterocycles. The molecule has 0 N–H and O–H groups in total. The van der Waals surface area contributed by atoms with Crippen molar-refractivity contribution in [2.45, 2.75) is 32.2 Å². The highest BCUT2D eigenvalue weighted by molar-refractivity contribution is 7.16. The van der Waals surface area contributed by atoms with E-state index in [-0.39, 0.29) is 11.8 Å². The van der Waals surface area contributed by atoms with Crippen LogP contribution in [0.3, 0.4) is 0 Å². The number of hydrogen-bond acceptors (Lipinski definition) is 3. The molecular formula is C16H19ClN2O2S. The molecule has 0 spiro atoms. The molecule has 0 atom stereocenters. The van der Waals surface area contributed by atoms with Gasteiger partial charge < -0.3 is 9.30 Å². The first-order chi connectivity index (χ1) is 10.7. The Morgan fingerprint density at radius 1 is 1.45 bits per heavy atom. The molecule has 3 rings (SSSR count). The number of aromatic nitrogens is 1. The highest BCUT2D eigenvalue weighted by atomic mass is 35.5. The molecular weight excluding hydrogens is 320 g/mol. The van der Waals surface area contributed by atoms with E-state index in [9.17, 15) is 4.79 Å². The molecule has 0 radical (unpaired) electrons. The molecule has 0 unspecified atom stereocenters. The van der Waals surface area contributed by atoms with Crippen molar-refractivity contribution in [3.05, 3.63) is 28.0 Å². The maximum absolute atomic E-state index is 12.4. The number of thiazole rings is 1. The van der Waals surface area contributed by atoms with E-state index in [0.717, 1.165) is 40.7 Å². The number of carbonyl (C=O) groups is 1. The molecule has 1 aliphatic carbocycles. The average Bonchev–Trinajstić information content (AvgIpc) is 3.12. The highest BCUT2D eigenvalue weighted by Crippen LogP contribution is 2.26. The van der Waals surface area contributed by atoms with Crippen LogP contribution in [-0.2, 0) is 16.1 Å². The number of ether oxygens (including phenoxy) is 1. The van der Waals surface area contributed by atoms with Crippen molar-refractivity contribution in [3.8, 4) is 0 Å². The molecule has 22 heavy (non-hydrogen) atoms. The maximum Gasteiger partial charge on any atom is 0.251 e. The predicted molar refractivity (Wildman–Crippen MR) is 89.2 cm³/mol. The Morgan fingerprint density at radius 2 is 2.23 bits per heavy atom. The van der Waals surface area contributed by atoms with Gasteiger partial charge in [0, 0.05) is 24.6 Å². The Kier molecular flexibility index (Phi) is 4.96. The van der Waals surface area contributed by atoms with Crippen molar-refractivity contribution in [2.75, 3.05) is 13.7 Å². The first-order valence-corrected chi connectivity index (χ1v) is 8.75. The van der Waals surface area contributed by atoms with Crippen LogP contribution in [0.5, 0.6) is 0 Å². The number of fused-ring (bicyclic) bond motifs is 1. The minimum atomic E-state index is 0.0151. The lowest BCUT2D eigenvalue weighted by Gasteiger charge is -2.05. The van der Waals surface area contributed by atoms with Crippen molar-refractivity contribution < 1.29 is 9.53 Å². The fourth-order valence-corrected chi connectivity index (χ4v) is 4.23. The second-order valence-electron chi connectivity index (χ2n) is 5.57. The largest absolute Gasteiger partial charge is 0.383 e. The van der Waals surface area contributed by atoms with Gasteiger partial charge in [0.1, 0.15) is 0 Å². The van der Waals surface area contributed by atoms with Crippen molar-refractivity contribution in [3.63, 3.8) is 0 Å². The molecule has 1 amide bonds. The summed E-state index contributed by atoms with van der Waals surface area (Å²) in [5.41, 5.74) is 1.05. The summed E-state index contributed by atoms with van der Waals surface area (Å²) < 4.78 is 8.27. The van der Waals surface area contributed by atoms with Gasteiger partial charge in [-0.3, -0.25) is 4.79 Å². The molecule has 0 saturated heterocycles. The Morgan fingerprint density at radius 3 is 2.95 bits per heavy atom. The molecule has 0 aliphatic heterocycles. The van der Waals surface area contributed by atoms with Gasteiger partial charge in [0.05, 0.1) is 16.8 Å². The monoisotopic (exact) mass is 338 g/mol. The van der Waals surface area contributed by atoms with Gasteiger partial charge in [-0.05, 0) is 31.0 Å². The first kappa shape index (κ1) is 15.7. The Hall–Kier alpha value is -1.17. The molecule has 0 bridgehead atoms. The third-order valence-corrected chi connectivity index (χ3v) is 5.35. The summed E-state index contributed by atoms with van der Waals surface area (Å²) in [5, 5.41) is 0.696. The van der Waals surface area contributed by atoms with Gasteiger partial charge in [-0.25, -0.2) is 0 Å². The average molecular weight is 339 g/mol. The second-order valence-corrected chi connectivity index (χ2v) is 7.02. The summed E-state index contributed by atoms with van der Waals surface area (Å²) in [6, 6.07) is 5.76. The smallest absolute Gasteiger partial charge is 0.251 e. The number of benzene rings is 1. The van der Waals surface area contributed by atoms with Crippen molar-refractivity contribution in [2.24, 2.45) is 10.9 Å². The molecule has 1 saturated carbocycles. The Bertz CT molecular complexity index is 744. The number of hydrogen-bond donors (Lipinski definition) is 0. The van der Waals surface area contributed by atoms with Crippen LogP contribution in [-0.4, -0.2) is 24.2 Å². The van der Waals surface area contributed by atoms with Crippen molar-refractivity contribution in [1.29, 1.82) is 0 Å². The van der Waals surface area contributed by atoms with E-state index in [1.54, 1.807) is 7.11 Å². The minimum absolute atomic E-state index is 0.0151. The topological polar surface area (TPSA) is 43.6 Å². The van der Waals surface area contributed by atoms with E-state index in [2.05, 4.69) is 4.99 Å². The van der Waals surface area contributed by atoms with Gasteiger partial charge in [0.2, 0.25) is 0 Å². The van der Waals surface area contributed by atoms with E-state index < -0.39 is 0 Å². The standard InChI is InChI=1S/C16H19ClN2O2S/c1-21-9-8-19-13-7-6-12(17)10-14(13)22-16(19)18-15(20)11-4-2-3-5-11/h6-7,10-11H,2-5,8-9H2,1H3. The van der Waals surface area contributed by atoms with Crippen LogP contribution < -0.4 is 4.80 Å². The second kappa shape index (κ2) is 6.94. The zero-order chi connectivity index (χ0) is 15.5. The maximum atomic E-state index is 12.4. The van der Waals surface area contributed by atoms with Gasteiger partial charge in [-0.15, -0.1) is 0 Å². The van der Waals surface area contributed by atoms with Gasteiger partial charge >= 0.3 is 0 Å². The molecule has 118 valence electrons. The van der Waals surface area contributed by atoms with Crippen LogP contribution in [0.15, 0.2) is 23.2 Å². The zero-order valence-electron chi connectivity index (χ0n) is 12.5. The molecule has 2 aromatic rings. The van der Waals surface area contributed by atoms with Gasteiger partial charge in [0.25, 0.3) is 5.91 Å². The summed E-state index contributed by atoms with van der Waals surface area (Å²) in [6.07, 6.45) is 4.21. The molecule has 1 heterocycles. The van der Waals surface area contributed by atoms with Gasteiger partial charge in [-0.2, -0.15) is 4.99 Å². The van der Waals surface area contributed by atoms with Crippen LogP contribution in [0.2, 0.25) is 5.02 Å². The predicted octanol–water partition coefficient (Wildman–Crippen LogP) is 3.62. The summed E-state index contributed by atoms with van der Waals surface area (Å²) in [5.74, 6) is 0.117. The number of methoxy groups -OCH3 is 1. The molecule has 4 nitrogen and oxygen atoms in total. The number of nitrogens with zero attached hydrogens (tertiary/aromatic N) is 2. The van der Waals surface area contributed by atoms with Crippen LogP contribution in [0.1, 0.15) is 25.7 Å². The molecule has 1 aromatic carbocycles. The third-order valence-electron chi connectivity index (χ3n) is 4.07. The number of rotatable bonds is 4. The third kappa shape index (κ3) is 3.26. The fourth-order valence-electron chi connectivity index (χ4n) is 2.89. The number of amides is 1. The quantitative estimate of drug-likeness (QED) is 0.854. The van der Waals surface area contributed by atoms with E-state index in [4.69, 9.17) is 16.3 Å². The lowest BCUT2D eigenvalue weighted by molar-refractivity contribution is -0.121. The van der Waals surface area contributed by atoms with Gasteiger partial charge in [-0.1, -0.05) is 35.8 Å². The molecule has 6 heteroatoms. The highest BCUT2D eigenvalue weighted by Gasteiger charge is 2.22. The van der Waals surface area contributed by atoms with Crippen LogP contribution in [0.25, 0.3) is 10.2 Å². The Labute approximate surface area is 138 Å². The fraction of sp³-hybridized carbons (Fsp3) is 0.500. The van der Waals surface area contributed by atoms with E-state index in [1.807, 2.05) is 22.8 Å². The van der Waals surface area contributed by atoms with Crippen molar-refractivity contribution >= 4 is 39.1 Å². The summed E-state index contributed by atoms with van der Waals surface area (Å²) in [7, 11) is 1.67. The van der Waals surface area contributed by atoms with Crippen LogP contribution in [0.4, 0.5) is 0 Å². The SMILES string of the molecule is COCCn1c(=NC(=O)C2CCCC2)sc2cc(Cl)ccc21. The summed E-state index contributed by atoms with van der Waals surface area (Å²) >= 11 is 7.58. The minimum Gasteiger partial charge on any atom is -0.383 e. The Balaban J connectivity index is 2.04. The molecule has 1 fully saturated rings. The number of carbonyl (C=O) groups excluding carboxylic acids is 1. The normalized spacial score (nSPS) is 16.7. The van der Waals surface area contributed by atoms with Crippen molar-refractivity contribution in [1.82, 2.24) is 4.57 Å². The van der Waals surface area contributed by atoms with E-state index in [0.29, 0.717) is 18.2 Å². The summed E-state index contributed by atoms with van der Waals surface area (Å²) in [4.78, 5) is 17.5. The molecule has 1 aliphatic rings. The van der Waals surface area contributed by atoms with Gasteiger partial charge in [0.15, 0.2) is 4.80 Å². The lowest BCUT2D eigenvalue weighted by Crippen LogP contribution is -2.21. The van der Waals surface area contributed by atoms with Crippen LogP contribution in [0, 0.1) is 5.92 Å². The lowest BCUT2D eigenvalue weighted by atomic mass is 10.1. The number of halogens is 1.